The van der Waals surface area contributed by atoms with Crippen LogP contribution < -0.4 is 9.47 Å². The van der Waals surface area contributed by atoms with Gasteiger partial charge in [-0.15, -0.1) is 0 Å². The molecule has 5 rings (SSSR count). The minimum absolute atomic E-state index is 0.0122. The Morgan fingerprint density at radius 3 is 2.46 bits per heavy atom. The van der Waals surface area contributed by atoms with Gasteiger partial charge in [-0.1, -0.05) is 39.3 Å². The zero-order valence-electron chi connectivity index (χ0n) is 23.7. The van der Waals surface area contributed by atoms with E-state index in [1.54, 1.807) is 0 Å². The molecule has 0 saturated heterocycles. The first-order valence-electron chi connectivity index (χ1n) is 14.1. The van der Waals surface area contributed by atoms with Gasteiger partial charge in [0.25, 0.3) is 5.82 Å². The van der Waals surface area contributed by atoms with Crippen molar-refractivity contribution in [2.45, 2.75) is 71.9 Å². The summed E-state index contributed by atoms with van der Waals surface area (Å²) >= 11 is 0. The summed E-state index contributed by atoms with van der Waals surface area (Å²) in [6.07, 6.45) is 5.51. The molecule has 37 heavy (non-hydrogen) atoms. The summed E-state index contributed by atoms with van der Waals surface area (Å²) in [4.78, 5) is 16.3. The highest BCUT2D eigenvalue weighted by Crippen LogP contribution is 2.45. The lowest BCUT2D eigenvalue weighted by molar-refractivity contribution is -0.634. The van der Waals surface area contributed by atoms with Crippen LogP contribution in [0.25, 0.3) is 22.4 Å². The number of aromatic nitrogens is 2. The molecule has 198 valence electrons. The molecule has 0 aliphatic heterocycles. The fourth-order valence-electron chi connectivity index (χ4n) is 6.64. The van der Waals surface area contributed by atoms with Gasteiger partial charge >= 0.3 is 5.97 Å². The molecule has 2 saturated carbocycles. The van der Waals surface area contributed by atoms with Crippen LogP contribution >= 0.6 is 0 Å². The maximum atomic E-state index is 14.2. The molecule has 5 nitrogen and oxygen atoms in total. The maximum Gasteiger partial charge on any atom is 0.352 e. The van der Waals surface area contributed by atoms with E-state index in [0.29, 0.717) is 23.7 Å². The highest BCUT2D eigenvalue weighted by atomic mass is 16.5. The molecule has 5 heteroatoms. The first kappa shape index (κ1) is 25.8. The second-order valence-corrected chi connectivity index (χ2v) is 12.2. The number of esters is 1. The molecule has 4 atom stereocenters. The Morgan fingerprint density at radius 1 is 1.08 bits per heavy atom. The maximum absolute atomic E-state index is 14.2. The standard InChI is InChI=1S/C32H44N3O2/c1-20(2)25-16-12-21(3)18-29(25)37-32(36)30(23-13-14-23)35-28-11-9-8-10-27(28)34(7)31(35)24-15-17-26(33(5)6)22(4)19-24/h8-11,15,17,19-21,23,25,29-30H,12-14,16,18H2,1-7H3/q+1/t21-,25+,29?,30-/m1/s1. The van der Waals surface area contributed by atoms with Gasteiger partial charge in [-0.05, 0) is 86.3 Å². The van der Waals surface area contributed by atoms with E-state index in [4.69, 9.17) is 4.74 Å². The second kappa shape index (κ2) is 10.2. The topological polar surface area (TPSA) is 38.4 Å². The zero-order valence-corrected chi connectivity index (χ0v) is 23.7. The molecule has 2 aromatic carbocycles. The SMILES string of the molecule is Cc1cc(-c2n([C@@H](C(=O)OC3C[C@H](C)CC[C@H]3C(C)C)C3CC3)c3ccccc3[n+]2C)ccc1N(C)C. The Bertz CT molecular complexity index is 1290. The Morgan fingerprint density at radius 2 is 1.81 bits per heavy atom. The van der Waals surface area contributed by atoms with E-state index in [1.165, 1.54) is 17.7 Å². The molecule has 0 bridgehead atoms. The van der Waals surface area contributed by atoms with E-state index in [9.17, 15) is 4.79 Å². The summed E-state index contributed by atoms with van der Waals surface area (Å²) in [5.41, 5.74) is 5.79. The zero-order chi connectivity index (χ0) is 26.4. The van der Waals surface area contributed by atoms with Gasteiger partial charge in [0.2, 0.25) is 6.04 Å². The van der Waals surface area contributed by atoms with Gasteiger partial charge in [0.1, 0.15) is 6.10 Å². The molecule has 0 N–H and O–H groups in total. The van der Waals surface area contributed by atoms with Crippen LogP contribution in [0.15, 0.2) is 42.5 Å². The first-order valence-corrected chi connectivity index (χ1v) is 14.1. The van der Waals surface area contributed by atoms with E-state index in [0.717, 1.165) is 48.1 Å². The van der Waals surface area contributed by atoms with E-state index < -0.39 is 0 Å². The number of rotatable bonds is 7. The van der Waals surface area contributed by atoms with Crippen molar-refractivity contribution >= 4 is 22.7 Å². The number of fused-ring (bicyclic) bond motifs is 1. The lowest BCUT2D eigenvalue weighted by Crippen LogP contribution is -2.39. The van der Waals surface area contributed by atoms with Gasteiger partial charge in [0.15, 0.2) is 11.0 Å². The summed E-state index contributed by atoms with van der Waals surface area (Å²) in [5, 5.41) is 0. The van der Waals surface area contributed by atoms with Crippen molar-refractivity contribution in [3.63, 3.8) is 0 Å². The molecule has 2 fully saturated rings. The van der Waals surface area contributed by atoms with Crippen LogP contribution in [0.4, 0.5) is 5.69 Å². The normalized spacial score (nSPS) is 22.9. The fraction of sp³-hybridized carbons (Fsp3) is 0.562. The smallest absolute Gasteiger partial charge is 0.352 e. The number of carbonyl (C=O) groups excluding carboxylic acids is 1. The lowest BCUT2D eigenvalue weighted by Gasteiger charge is -2.37. The van der Waals surface area contributed by atoms with Crippen molar-refractivity contribution < 1.29 is 14.1 Å². The van der Waals surface area contributed by atoms with Crippen molar-refractivity contribution in [1.82, 2.24) is 4.57 Å². The molecule has 0 spiro atoms. The van der Waals surface area contributed by atoms with Gasteiger partial charge in [-0.2, -0.15) is 0 Å². The van der Waals surface area contributed by atoms with Crippen molar-refractivity contribution in [3.05, 3.63) is 48.0 Å². The number of benzene rings is 2. The predicted molar refractivity (Wildman–Crippen MR) is 151 cm³/mol. The highest BCUT2D eigenvalue weighted by molar-refractivity contribution is 5.83. The number of ether oxygens (including phenoxy) is 1. The van der Waals surface area contributed by atoms with Gasteiger partial charge in [0, 0.05) is 25.7 Å². The molecule has 0 amide bonds. The van der Waals surface area contributed by atoms with E-state index in [2.05, 4.69) is 105 Å². The average Bonchev–Trinajstić information content (AvgIpc) is 3.63. The number of anilines is 1. The van der Waals surface area contributed by atoms with E-state index in [1.807, 2.05) is 0 Å². The Kier molecular flexibility index (Phi) is 7.08. The monoisotopic (exact) mass is 502 g/mol. The minimum atomic E-state index is -0.306. The molecule has 0 radical (unpaired) electrons. The number of nitrogens with zero attached hydrogens (tertiary/aromatic N) is 3. The van der Waals surface area contributed by atoms with Crippen molar-refractivity contribution in [3.8, 4) is 11.4 Å². The highest BCUT2D eigenvalue weighted by Gasteiger charge is 2.47. The fourth-order valence-corrected chi connectivity index (χ4v) is 6.64. The molecule has 1 unspecified atom stereocenters. The average molecular weight is 503 g/mol. The second-order valence-electron chi connectivity index (χ2n) is 12.2. The van der Waals surface area contributed by atoms with Crippen LogP contribution in [0.2, 0.25) is 0 Å². The van der Waals surface area contributed by atoms with Crippen LogP contribution in [0, 0.1) is 30.6 Å². The largest absolute Gasteiger partial charge is 0.459 e. The third-order valence-corrected chi connectivity index (χ3v) is 8.80. The number of hydrogen-bond acceptors (Lipinski definition) is 3. The minimum Gasteiger partial charge on any atom is -0.459 e. The summed E-state index contributed by atoms with van der Waals surface area (Å²) < 4.78 is 11.1. The van der Waals surface area contributed by atoms with Crippen LogP contribution in [0.1, 0.15) is 64.5 Å². The predicted octanol–water partition coefficient (Wildman–Crippen LogP) is 6.46. The van der Waals surface area contributed by atoms with Crippen molar-refractivity contribution in [2.75, 3.05) is 19.0 Å². The third kappa shape index (κ3) is 4.89. The van der Waals surface area contributed by atoms with Crippen LogP contribution in [-0.4, -0.2) is 30.7 Å². The van der Waals surface area contributed by atoms with Crippen LogP contribution in [-0.2, 0) is 16.6 Å². The molecule has 2 aliphatic carbocycles. The summed E-state index contributed by atoms with van der Waals surface area (Å²) in [6.45, 7) is 9.01. The number of carbonyl (C=O) groups is 1. The first-order chi connectivity index (χ1) is 17.7. The Hall–Kier alpha value is -2.82. The van der Waals surface area contributed by atoms with Gasteiger partial charge < -0.3 is 9.64 Å². The Labute approximate surface area is 222 Å². The summed E-state index contributed by atoms with van der Waals surface area (Å²) in [7, 11) is 6.28. The number of para-hydroxylation sites is 2. The molecule has 2 aliphatic rings. The van der Waals surface area contributed by atoms with Crippen molar-refractivity contribution in [2.24, 2.45) is 30.7 Å². The number of imidazole rings is 1. The Balaban J connectivity index is 1.60. The van der Waals surface area contributed by atoms with Crippen LogP contribution in [0.3, 0.4) is 0 Å². The molecular formula is C32H44N3O2+. The van der Waals surface area contributed by atoms with E-state index >= 15 is 0 Å². The van der Waals surface area contributed by atoms with Gasteiger partial charge in [0.05, 0.1) is 12.6 Å². The molecule has 1 aromatic heterocycles. The molecular weight excluding hydrogens is 458 g/mol. The summed E-state index contributed by atoms with van der Waals surface area (Å²) in [5.74, 6) is 2.91. The van der Waals surface area contributed by atoms with Gasteiger partial charge in [-0.3, -0.25) is 0 Å². The van der Waals surface area contributed by atoms with Gasteiger partial charge in [-0.25, -0.2) is 13.9 Å². The molecule has 3 aromatic rings. The number of hydrogen-bond donors (Lipinski definition) is 0. The quantitative estimate of drug-likeness (QED) is 0.275. The van der Waals surface area contributed by atoms with Crippen molar-refractivity contribution in [1.29, 1.82) is 0 Å². The van der Waals surface area contributed by atoms with Crippen LogP contribution in [0.5, 0.6) is 0 Å². The lowest BCUT2D eigenvalue weighted by atomic mass is 9.75. The van der Waals surface area contributed by atoms with E-state index in [-0.39, 0.29) is 18.1 Å². The summed E-state index contributed by atoms with van der Waals surface area (Å²) in [6, 6.07) is 14.8. The third-order valence-electron chi connectivity index (χ3n) is 8.80. The molecule has 1 heterocycles. The number of aryl methyl sites for hydroxylation is 2.